The van der Waals surface area contributed by atoms with Crippen LogP contribution in [0.4, 0.5) is 0 Å². The minimum absolute atomic E-state index is 0.524. The van der Waals surface area contributed by atoms with Crippen LogP contribution in [0, 0.1) is 0 Å². The molecule has 1 aliphatic rings. The molecule has 1 aliphatic carbocycles. The van der Waals surface area contributed by atoms with E-state index in [9.17, 15) is 5.11 Å². The van der Waals surface area contributed by atoms with E-state index in [0.717, 1.165) is 34.2 Å². The third-order valence-electron chi connectivity index (χ3n) is 3.12. The molecule has 0 unspecified atom stereocenters. The summed E-state index contributed by atoms with van der Waals surface area (Å²) in [5.74, 6) is 0.812. The number of hydrogen-bond acceptors (Lipinski definition) is 3. The van der Waals surface area contributed by atoms with Gasteiger partial charge in [-0.15, -0.1) is 0 Å². The van der Waals surface area contributed by atoms with Gasteiger partial charge >= 0.3 is 0 Å². The summed E-state index contributed by atoms with van der Waals surface area (Å²) in [6.07, 6.45) is 2.39. The first-order valence-electron chi connectivity index (χ1n) is 5.64. The average Bonchev–Trinajstić information content (AvgIpc) is 3.00. The van der Waals surface area contributed by atoms with Crippen molar-refractivity contribution < 1.29 is 14.6 Å². The number of rotatable bonds is 5. The van der Waals surface area contributed by atoms with Crippen LogP contribution in [0.2, 0.25) is 0 Å². The lowest BCUT2D eigenvalue weighted by Crippen LogP contribution is -2.14. The Balaban J connectivity index is 2.36. The van der Waals surface area contributed by atoms with Crippen LogP contribution in [-0.2, 0) is 17.8 Å². The van der Waals surface area contributed by atoms with Gasteiger partial charge in [-0.05, 0) is 30.5 Å². The van der Waals surface area contributed by atoms with Gasteiger partial charge in [-0.2, -0.15) is 0 Å². The lowest BCUT2D eigenvalue weighted by molar-refractivity contribution is 0.147. The Morgan fingerprint density at radius 2 is 2.06 bits per heavy atom. The number of ether oxygens (including phenoxy) is 2. The fraction of sp³-hybridized carbons (Fsp3) is 0.538. The van der Waals surface area contributed by atoms with E-state index in [4.69, 9.17) is 9.47 Å². The van der Waals surface area contributed by atoms with E-state index in [1.54, 1.807) is 14.2 Å². The molecule has 1 saturated carbocycles. The van der Waals surface area contributed by atoms with Crippen LogP contribution in [0.15, 0.2) is 16.6 Å². The van der Waals surface area contributed by atoms with Crippen molar-refractivity contribution in [2.75, 3.05) is 14.2 Å². The summed E-state index contributed by atoms with van der Waals surface area (Å²) >= 11 is 3.46. The molecule has 1 N–H and O–H groups in total. The zero-order valence-corrected chi connectivity index (χ0v) is 11.7. The molecule has 0 spiro atoms. The predicted octanol–water partition coefficient (Wildman–Crippen LogP) is 2.67. The smallest absolute Gasteiger partial charge is 0.123 e. The second-order valence-corrected chi connectivity index (χ2v) is 5.50. The number of methoxy groups -OCH3 is 2. The molecule has 1 fully saturated rings. The largest absolute Gasteiger partial charge is 0.496 e. The maximum Gasteiger partial charge on any atom is 0.123 e. The molecule has 2 rings (SSSR count). The normalized spacial score (nSPS) is 16.9. The Bertz CT molecular complexity index is 413. The number of halogens is 1. The van der Waals surface area contributed by atoms with Gasteiger partial charge in [0.15, 0.2) is 0 Å². The molecule has 4 heteroatoms. The van der Waals surface area contributed by atoms with Crippen LogP contribution in [0.25, 0.3) is 0 Å². The summed E-state index contributed by atoms with van der Waals surface area (Å²) in [7, 11) is 3.32. The minimum Gasteiger partial charge on any atom is -0.496 e. The van der Waals surface area contributed by atoms with E-state index in [2.05, 4.69) is 15.9 Å². The van der Waals surface area contributed by atoms with E-state index >= 15 is 0 Å². The molecular formula is C13H17BrO3. The van der Waals surface area contributed by atoms with Gasteiger partial charge in [0.05, 0.1) is 19.3 Å². The van der Waals surface area contributed by atoms with E-state index in [1.165, 1.54) is 0 Å². The molecule has 17 heavy (non-hydrogen) atoms. The van der Waals surface area contributed by atoms with E-state index in [0.29, 0.717) is 13.0 Å². The molecular weight excluding hydrogens is 284 g/mol. The van der Waals surface area contributed by atoms with E-state index in [-0.39, 0.29) is 0 Å². The second-order valence-electron chi connectivity index (χ2n) is 4.58. The minimum atomic E-state index is -0.524. The highest BCUT2D eigenvalue weighted by molar-refractivity contribution is 9.10. The SMILES string of the molecule is COCc1cc(Br)cc(OC)c1CC1(O)CC1. The number of aliphatic hydroxyl groups is 1. The Kier molecular flexibility index (Phi) is 3.76. The fourth-order valence-electron chi connectivity index (χ4n) is 1.98. The molecule has 0 aliphatic heterocycles. The van der Waals surface area contributed by atoms with Gasteiger partial charge in [-0.3, -0.25) is 0 Å². The van der Waals surface area contributed by atoms with E-state index in [1.807, 2.05) is 12.1 Å². The van der Waals surface area contributed by atoms with Gasteiger partial charge in [-0.25, -0.2) is 0 Å². The number of benzene rings is 1. The van der Waals surface area contributed by atoms with Crippen LogP contribution < -0.4 is 4.74 Å². The highest BCUT2D eigenvalue weighted by Crippen LogP contribution is 2.41. The molecule has 0 heterocycles. The Hall–Kier alpha value is -0.580. The lowest BCUT2D eigenvalue weighted by atomic mass is 9.99. The molecule has 1 aromatic rings. The third kappa shape index (κ3) is 3.00. The fourth-order valence-corrected chi connectivity index (χ4v) is 2.47. The summed E-state index contributed by atoms with van der Waals surface area (Å²) < 4.78 is 11.6. The van der Waals surface area contributed by atoms with Crippen molar-refractivity contribution in [2.24, 2.45) is 0 Å². The van der Waals surface area contributed by atoms with Gasteiger partial charge < -0.3 is 14.6 Å². The molecule has 0 atom stereocenters. The summed E-state index contributed by atoms with van der Waals surface area (Å²) in [4.78, 5) is 0. The molecule has 0 saturated heterocycles. The summed E-state index contributed by atoms with van der Waals surface area (Å²) in [5.41, 5.74) is 1.60. The molecule has 0 bridgehead atoms. The third-order valence-corrected chi connectivity index (χ3v) is 3.58. The quantitative estimate of drug-likeness (QED) is 0.909. The molecule has 0 amide bonds. The molecule has 94 valence electrons. The predicted molar refractivity (Wildman–Crippen MR) is 69.3 cm³/mol. The first kappa shape index (κ1) is 12.9. The van der Waals surface area contributed by atoms with Gasteiger partial charge in [-0.1, -0.05) is 15.9 Å². The zero-order valence-electron chi connectivity index (χ0n) is 10.1. The molecule has 3 nitrogen and oxygen atoms in total. The van der Waals surface area contributed by atoms with Gasteiger partial charge in [0.25, 0.3) is 0 Å². The topological polar surface area (TPSA) is 38.7 Å². The Morgan fingerprint density at radius 1 is 1.35 bits per heavy atom. The summed E-state index contributed by atoms with van der Waals surface area (Å²) in [6.45, 7) is 0.529. The van der Waals surface area contributed by atoms with Crippen LogP contribution in [0.1, 0.15) is 24.0 Å². The van der Waals surface area contributed by atoms with Crippen molar-refractivity contribution in [1.29, 1.82) is 0 Å². The zero-order chi connectivity index (χ0) is 12.5. The number of hydrogen-bond donors (Lipinski definition) is 1. The van der Waals surface area contributed by atoms with Crippen LogP contribution >= 0.6 is 15.9 Å². The van der Waals surface area contributed by atoms with Gasteiger partial charge in [0.1, 0.15) is 5.75 Å². The lowest BCUT2D eigenvalue weighted by Gasteiger charge is -2.17. The van der Waals surface area contributed by atoms with Gasteiger partial charge in [0, 0.05) is 23.6 Å². The highest BCUT2D eigenvalue weighted by Gasteiger charge is 2.41. The summed E-state index contributed by atoms with van der Waals surface area (Å²) in [6, 6.07) is 3.95. The maximum absolute atomic E-state index is 10.1. The van der Waals surface area contributed by atoms with Crippen molar-refractivity contribution in [2.45, 2.75) is 31.5 Å². The van der Waals surface area contributed by atoms with Crippen LogP contribution in [0.5, 0.6) is 5.75 Å². The molecule has 1 aromatic carbocycles. The van der Waals surface area contributed by atoms with Crippen molar-refractivity contribution >= 4 is 15.9 Å². The van der Waals surface area contributed by atoms with Crippen molar-refractivity contribution in [3.63, 3.8) is 0 Å². The molecule has 0 aromatic heterocycles. The highest BCUT2D eigenvalue weighted by atomic mass is 79.9. The van der Waals surface area contributed by atoms with Crippen molar-refractivity contribution in [1.82, 2.24) is 0 Å². The molecule has 0 radical (unpaired) electrons. The summed E-state index contributed by atoms with van der Waals surface area (Å²) in [5, 5.41) is 10.1. The average molecular weight is 301 g/mol. The Morgan fingerprint density at radius 3 is 2.59 bits per heavy atom. The van der Waals surface area contributed by atoms with Crippen molar-refractivity contribution in [3.8, 4) is 5.75 Å². The van der Waals surface area contributed by atoms with Crippen molar-refractivity contribution in [3.05, 3.63) is 27.7 Å². The first-order valence-corrected chi connectivity index (χ1v) is 6.44. The van der Waals surface area contributed by atoms with Crippen LogP contribution in [0.3, 0.4) is 0 Å². The standard InChI is InChI=1S/C13H17BrO3/c1-16-8-9-5-10(14)6-12(17-2)11(9)7-13(15)3-4-13/h5-6,15H,3-4,7-8H2,1-2H3. The second kappa shape index (κ2) is 4.96. The monoisotopic (exact) mass is 300 g/mol. The van der Waals surface area contributed by atoms with E-state index < -0.39 is 5.60 Å². The maximum atomic E-state index is 10.1. The van der Waals surface area contributed by atoms with Crippen LogP contribution in [-0.4, -0.2) is 24.9 Å². The Labute approximate surface area is 110 Å². The van der Waals surface area contributed by atoms with Gasteiger partial charge in [0.2, 0.25) is 0 Å². The first-order chi connectivity index (χ1) is 8.08.